The van der Waals surface area contributed by atoms with Crippen molar-refractivity contribution >= 4 is 0 Å². The van der Waals surface area contributed by atoms with E-state index in [-0.39, 0.29) is 0 Å². The van der Waals surface area contributed by atoms with Gasteiger partial charge in [-0.2, -0.15) is 0 Å². The molecule has 0 saturated carbocycles. The number of nitrogens with zero attached hydrogens (tertiary/aromatic N) is 1. The van der Waals surface area contributed by atoms with E-state index in [9.17, 15) is 0 Å². The molecule has 1 saturated heterocycles. The van der Waals surface area contributed by atoms with Crippen LogP contribution in [-0.4, -0.2) is 24.7 Å². The van der Waals surface area contributed by atoms with Gasteiger partial charge in [-0.15, -0.1) is 0 Å². The Morgan fingerprint density at radius 2 is 2.50 bits per heavy atom. The van der Waals surface area contributed by atoms with Crippen molar-refractivity contribution in [1.82, 2.24) is 4.90 Å². The van der Waals surface area contributed by atoms with Crippen LogP contribution in [0.15, 0.2) is 12.3 Å². The molecule has 2 heteroatoms. The average molecular weight is 113 g/mol. The molecule has 0 aromatic heterocycles. The van der Waals surface area contributed by atoms with E-state index in [1.807, 2.05) is 7.05 Å². The first-order valence-corrected chi connectivity index (χ1v) is 2.73. The van der Waals surface area contributed by atoms with Gasteiger partial charge >= 0.3 is 0 Å². The Morgan fingerprint density at radius 1 is 1.88 bits per heavy atom. The summed E-state index contributed by atoms with van der Waals surface area (Å²) in [6, 6.07) is 0.398. The fourth-order valence-corrected chi connectivity index (χ4v) is 0.663. The molecular weight excluding hydrogens is 102 g/mol. The molecule has 0 unspecified atom stereocenters. The minimum absolute atomic E-state index is 0.398. The lowest BCUT2D eigenvalue weighted by atomic mass is 10.3. The molecule has 2 nitrogen and oxygen atoms in total. The SMILES string of the molecule is C=C1OCN(C)[C@H]1C. The van der Waals surface area contributed by atoms with E-state index in [1.165, 1.54) is 0 Å². The fraction of sp³-hybridized carbons (Fsp3) is 0.667. The molecule has 0 N–H and O–H groups in total. The van der Waals surface area contributed by atoms with Crippen LogP contribution < -0.4 is 0 Å². The maximum atomic E-state index is 5.11. The van der Waals surface area contributed by atoms with Crippen LogP contribution in [0.3, 0.4) is 0 Å². The third-order valence-corrected chi connectivity index (χ3v) is 1.58. The summed E-state index contributed by atoms with van der Waals surface area (Å²) in [6.07, 6.45) is 0. The molecular formula is C6H11NO. The third-order valence-electron chi connectivity index (χ3n) is 1.58. The van der Waals surface area contributed by atoms with Crippen molar-refractivity contribution in [3.8, 4) is 0 Å². The van der Waals surface area contributed by atoms with E-state index in [2.05, 4.69) is 18.4 Å². The van der Waals surface area contributed by atoms with Crippen molar-refractivity contribution in [2.45, 2.75) is 13.0 Å². The molecule has 0 spiro atoms. The van der Waals surface area contributed by atoms with Crippen LogP contribution in [0.25, 0.3) is 0 Å². The third kappa shape index (κ3) is 0.713. The molecule has 1 heterocycles. The van der Waals surface area contributed by atoms with Crippen LogP contribution in [0.5, 0.6) is 0 Å². The van der Waals surface area contributed by atoms with Crippen molar-refractivity contribution < 1.29 is 4.74 Å². The molecule has 0 aliphatic carbocycles. The van der Waals surface area contributed by atoms with E-state index in [0.29, 0.717) is 12.8 Å². The van der Waals surface area contributed by atoms with E-state index in [4.69, 9.17) is 4.74 Å². The molecule has 1 fully saturated rings. The molecule has 1 atom stereocenters. The molecule has 8 heavy (non-hydrogen) atoms. The summed E-state index contributed by atoms with van der Waals surface area (Å²) in [5.74, 6) is 0.882. The van der Waals surface area contributed by atoms with Gasteiger partial charge in [-0.25, -0.2) is 0 Å². The minimum Gasteiger partial charge on any atom is -0.481 e. The second kappa shape index (κ2) is 1.78. The zero-order valence-corrected chi connectivity index (χ0v) is 5.35. The largest absolute Gasteiger partial charge is 0.481 e. The zero-order valence-electron chi connectivity index (χ0n) is 5.35. The van der Waals surface area contributed by atoms with Gasteiger partial charge in [0.15, 0.2) is 0 Å². The molecule has 0 amide bonds. The van der Waals surface area contributed by atoms with Crippen LogP contribution in [0.4, 0.5) is 0 Å². The monoisotopic (exact) mass is 113 g/mol. The Bertz CT molecular complexity index is 111. The summed E-state index contributed by atoms with van der Waals surface area (Å²) in [7, 11) is 2.02. The molecule has 1 aliphatic rings. The Kier molecular flexibility index (Phi) is 1.26. The molecule has 46 valence electrons. The van der Waals surface area contributed by atoms with Gasteiger partial charge in [0.1, 0.15) is 12.5 Å². The molecule has 1 aliphatic heterocycles. The van der Waals surface area contributed by atoms with Gasteiger partial charge in [0, 0.05) is 0 Å². The Hall–Kier alpha value is -0.500. The highest BCUT2D eigenvalue weighted by molar-refractivity contribution is 4.98. The van der Waals surface area contributed by atoms with Crippen LogP contribution in [0, 0.1) is 0 Å². The van der Waals surface area contributed by atoms with Gasteiger partial charge in [-0.1, -0.05) is 6.58 Å². The van der Waals surface area contributed by atoms with Crippen LogP contribution in [-0.2, 0) is 4.74 Å². The number of likely N-dealkylation sites (N-methyl/N-ethyl adjacent to an activating group) is 1. The molecule has 0 radical (unpaired) electrons. The average Bonchev–Trinajstić information content (AvgIpc) is 1.98. The molecule has 0 bridgehead atoms. The first kappa shape index (κ1) is 5.63. The second-order valence-corrected chi connectivity index (χ2v) is 2.17. The lowest BCUT2D eigenvalue weighted by Gasteiger charge is -2.08. The molecule has 1 rings (SSSR count). The van der Waals surface area contributed by atoms with Gasteiger partial charge in [0.2, 0.25) is 0 Å². The van der Waals surface area contributed by atoms with Gasteiger partial charge in [0.25, 0.3) is 0 Å². The van der Waals surface area contributed by atoms with Gasteiger partial charge in [-0.05, 0) is 14.0 Å². The van der Waals surface area contributed by atoms with E-state index >= 15 is 0 Å². The molecule has 0 aromatic rings. The Morgan fingerprint density at radius 3 is 2.62 bits per heavy atom. The summed E-state index contributed by atoms with van der Waals surface area (Å²) in [6.45, 7) is 6.49. The summed E-state index contributed by atoms with van der Waals surface area (Å²) < 4.78 is 5.11. The number of rotatable bonds is 0. The normalized spacial score (nSPS) is 30.8. The number of ether oxygens (including phenoxy) is 1. The number of hydrogen-bond donors (Lipinski definition) is 0. The summed E-state index contributed by atoms with van der Waals surface area (Å²) in [5, 5.41) is 0. The van der Waals surface area contributed by atoms with Crippen molar-refractivity contribution in [2.75, 3.05) is 13.8 Å². The fourth-order valence-electron chi connectivity index (χ4n) is 0.663. The summed E-state index contributed by atoms with van der Waals surface area (Å²) in [5.41, 5.74) is 0. The molecule has 0 aromatic carbocycles. The van der Waals surface area contributed by atoms with Crippen molar-refractivity contribution in [1.29, 1.82) is 0 Å². The van der Waals surface area contributed by atoms with Crippen molar-refractivity contribution in [2.24, 2.45) is 0 Å². The first-order valence-electron chi connectivity index (χ1n) is 2.73. The van der Waals surface area contributed by atoms with E-state index in [0.717, 1.165) is 5.76 Å². The van der Waals surface area contributed by atoms with Gasteiger partial charge in [-0.3, -0.25) is 4.90 Å². The second-order valence-electron chi connectivity index (χ2n) is 2.17. The quantitative estimate of drug-likeness (QED) is 0.461. The Labute approximate surface area is 49.7 Å². The highest BCUT2D eigenvalue weighted by atomic mass is 16.5. The van der Waals surface area contributed by atoms with Crippen LogP contribution in [0.2, 0.25) is 0 Å². The lowest BCUT2D eigenvalue weighted by Crippen LogP contribution is -2.21. The number of hydrogen-bond acceptors (Lipinski definition) is 2. The van der Waals surface area contributed by atoms with Crippen molar-refractivity contribution in [3.63, 3.8) is 0 Å². The highest BCUT2D eigenvalue weighted by Gasteiger charge is 2.20. The van der Waals surface area contributed by atoms with Gasteiger partial charge in [0.05, 0.1) is 6.04 Å². The van der Waals surface area contributed by atoms with Gasteiger partial charge < -0.3 is 4.74 Å². The minimum atomic E-state index is 0.398. The smallest absolute Gasteiger partial charge is 0.141 e. The van der Waals surface area contributed by atoms with E-state index < -0.39 is 0 Å². The topological polar surface area (TPSA) is 12.5 Å². The van der Waals surface area contributed by atoms with Crippen LogP contribution in [0.1, 0.15) is 6.92 Å². The Balaban J connectivity index is 2.56. The van der Waals surface area contributed by atoms with E-state index in [1.54, 1.807) is 0 Å². The predicted octanol–water partition coefficient (Wildman–Crippen LogP) is 0.808. The maximum Gasteiger partial charge on any atom is 0.141 e. The standard InChI is InChI=1S/C6H11NO/c1-5-6(2)8-4-7(5)3/h5H,2,4H2,1,3H3/t5-/m0/s1. The highest BCUT2D eigenvalue weighted by Crippen LogP contribution is 2.15. The predicted molar refractivity (Wildman–Crippen MR) is 32.3 cm³/mol. The summed E-state index contributed by atoms with van der Waals surface area (Å²) in [4.78, 5) is 2.10. The van der Waals surface area contributed by atoms with Crippen LogP contribution >= 0.6 is 0 Å². The first-order chi connectivity index (χ1) is 3.72. The maximum absolute atomic E-state index is 5.11. The lowest BCUT2D eigenvalue weighted by molar-refractivity contribution is 0.184. The summed E-state index contributed by atoms with van der Waals surface area (Å²) >= 11 is 0. The zero-order chi connectivity index (χ0) is 6.15. The van der Waals surface area contributed by atoms with Crippen molar-refractivity contribution in [3.05, 3.63) is 12.3 Å².